The van der Waals surface area contributed by atoms with E-state index in [1.807, 2.05) is 48.5 Å². The van der Waals surface area contributed by atoms with Crippen LogP contribution in [0.4, 0.5) is 11.4 Å². The molecule has 0 atom stereocenters. The molecule has 34 heavy (non-hydrogen) atoms. The summed E-state index contributed by atoms with van der Waals surface area (Å²) in [4.78, 5) is 17.1. The normalized spacial score (nSPS) is 11.6. The third-order valence-electron chi connectivity index (χ3n) is 4.87. The Balaban J connectivity index is 1.57. The molecule has 2 N–H and O–H groups in total. The fraction of sp³-hybridized carbons (Fsp3) is 0. The standard InChI is InChI=1S/C26H20ClN3O3S/c27-25-11-5-4-9-20(25)17-24(19-7-2-1-3-8-19)26(31)29-21-12-14-23(15-13-21)34(32,33)30-22-10-6-16-28-18-22/h1-18,30H,(H,29,31)/b24-17+. The highest BCUT2D eigenvalue weighted by molar-refractivity contribution is 7.92. The number of rotatable bonds is 7. The van der Waals surface area contributed by atoms with E-state index in [4.69, 9.17) is 11.6 Å². The molecule has 6 nitrogen and oxygen atoms in total. The number of aromatic nitrogens is 1. The van der Waals surface area contributed by atoms with Gasteiger partial charge in [0.15, 0.2) is 0 Å². The van der Waals surface area contributed by atoms with Crippen LogP contribution in [0.5, 0.6) is 0 Å². The number of nitrogens with one attached hydrogen (secondary N) is 2. The lowest BCUT2D eigenvalue weighted by molar-refractivity contribution is -0.111. The van der Waals surface area contributed by atoms with Gasteiger partial charge in [-0.05, 0) is 59.7 Å². The van der Waals surface area contributed by atoms with Crippen LogP contribution in [0.3, 0.4) is 0 Å². The van der Waals surface area contributed by atoms with E-state index in [1.165, 1.54) is 30.5 Å². The summed E-state index contributed by atoms with van der Waals surface area (Å²) >= 11 is 6.30. The number of carbonyl (C=O) groups is 1. The molecule has 1 heterocycles. The maximum absolute atomic E-state index is 13.2. The van der Waals surface area contributed by atoms with Crippen molar-refractivity contribution in [3.8, 4) is 0 Å². The molecule has 0 unspecified atom stereocenters. The van der Waals surface area contributed by atoms with Crippen molar-refractivity contribution >= 4 is 50.6 Å². The van der Waals surface area contributed by atoms with Gasteiger partial charge in [-0.3, -0.25) is 14.5 Å². The van der Waals surface area contributed by atoms with Crippen LogP contribution >= 0.6 is 11.6 Å². The van der Waals surface area contributed by atoms with Crippen molar-refractivity contribution in [3.05, 3.63) is 120 Å². The molecule has 8 heteroatoms. The summed E-state index contributed by atoms with van der Waals surface area (Å²) in [5.41, 5.74) is 2.66. The lowest BCUT2D eigenvalue weighted by Crippen LogP contribution is -2.15. The number of amides is 1. The van der Waals surface area contributed by atoms with Crippen molar-refractivity contribution in [2.75, 3.05) is 10.0 Å². The molecule has 0 aliphatic heterocycles. The monoisotopic (exact) mass is 489 g/mol. The number of nitrogens with zero attached hydrogens (tertiary/aromatic N) is 1. The summed E-state index contributed by atoms with van der Waals surface area (Å²) < 4.78 is 27.7. The van der Waals surface area contributed by atoms with E-state index in [0.29, 0.717) is 27.5 Å². The number of benzene rings is 3. The van der Waals surface area contributed by atoms with Crippen LogP contribution in [0.1, 0.15) is 11.1 Å². The zero-order valence-electron chi connectivity index (χ0n) is 17.9. The van der Waals surface area contributed by atoms with E-state index in [1.54, 1.807) is 30.5 Å². The molecule has 0 spiro atoms. The number of anilines is 2. The highest BCUT2D eigenvalue weighted by Crippen LogP contribution is 2.25. The summed E-state index contributed by atoms with van der Waals surface area (Å²) in [6.45, 7) is 0. The molecule has 1 aromatic heterocycles. The van der Waals surface area contributed by atoms with Crippen LogP contribution in [0, 0.1) is 0 Å². The Morgan fingerprint density at radius 1 is 0.824 bits per heavy atom. The first kappa shape index (κ1) is 23.2. The summed E-state index contributed by atoms with van der Waals surface area (Å²) in [6.07, 6.45) is 4.70. The fourth-order valence-electron chi connectivity index (χ4n) is 3.20. The molecular weight excluding hydrogens is 470 g/mol. The van der Waals surface area contributed by atoms with E-state index in [2.05, 4.69) is 15.0 Å². The largest absolute Gasteiger partial charge is 0.322 e. The van der Waals surface area contributed by atoms with Gasteiger partial charge in [0, 0.05) is 22.5 Å². The summed E-state index contributed by atoms with van der Waals surface area (Å²) in [6, 6.07) is 25.6. The van der Waals surface area contributed by atoms with Gasteiger partial charge in [0.05, 0.1) is 16.8 Å². The first-order valence-corrected chi connectivity index (χ1v) is 12.1. The Hall–Kier alpha value is -3.94. The van der Waals surface area contributed by atoms with Crippen molar-refractivity contribution in [2.45, 2.75) is 4.90 Å². The molecule has 170 valence electrons. The SMILES string of the molecule is O=C(Nc1ccc(S(=O)(=O)Nc2cccnc2)cc1)/C(=C/c1ccccc1Cl)c1ccccc1. The van der Waals surface area contributed by atoms with Gasteiger partial charge in [-0.2, -0.15) is 0 Å². The molecule has 0 aliphatic rings. The van der Waals surface area contributed by atoms with E-state index in [9.17, 15) is 13.2 Å². The first-order valence-electron chi connectivity index (χ1n) is 10.3. The highest BCUT2D eigenvalue weighted by Gasteiger charge is 2.16. The third-order valence-corrected chi connectivity index (χ3v) is 6.61. The van der Waals surface area contributed by atoms with E-state index in [-0.39, 0.29) is 10.8 Å². The Labute approximate surface area is 203 Å². The van der Waals surface area contributed by atoms with E-state index < -0.39 is 10.0 Å². The Bertz CT molecular complexity index is 1420. The van der Waals surface area contributed by atoms with Gasteiger partial charge in [0.25, 0.3) is 15.9 Å². The maximum Gasteiger partial charge on any atom is 0.261 e. The molecule has 0 bridgehead atoms. The van der Waals surface area contributed by atoms with Gasteiger partial charge < -0.3 is 5.32 Å². The lowest BCUT2D eigenvalue weighted by Gasteiger charge is -2.12. The number of carbonyl (C=O) groups excluding carboxylic acids is 1. The molecule has 4 aromatic rings. The molecule has 0 aliphatic carbocycles. The fourth-order valence-corrected chi connectivity index (χ4v) is 4.43. The van der Waals surface area contributed by atoms with Crippen LogP contribution in [0.25, 0.3) is 11.6 Å². The van der Waals surface area contributed by atoms with Gasteiger partial charge >= 0.3 is 0 Å². The Morgan fingerprint density at radius 2 is 1.53 bits per heavy atom. The van der Waals surface area contributed by atoms with Gasteiger partial charge in [0.2, 0.25) is 0 Å². The van der Waals surface area contributed by atoms with Crippen LogP contribution in [-0.2, 0) is 14.8 Å². The predicted molar refractivity (Wildman–Crippen MR) is 136 cm³/mol. The summed E-state index contributed by atoms with van der Waals surface area (Å²) in [7, 11) is -3.79. The zero-order valence-corrected chi connectivity index (χ0v) is 19.4. The second-order valence-corrected chi connectivity index (χ2v) is 9.36. The molecule has 1 amide bonds. The number of sulfonamides is 1. The molecule has 0 saturated carbocycles. The van der Waals surface area contributed by atoms with Crippen LogP contribution in [0.15, 0.2) is 108 Å². The van der Waals surface area contributed by atoms with Gasteiger partial charge in [0.1, 0.15) is 0 Å². The van der Waals surface area contributed by atoms with Crippen LogP contribution in [-0.4, -0.2) is 19.3 Å². The summed E-state index contributed by atoms with van der Waals surface area (Å²) in [5.74, 6) is -0.352. The quantitative estimate of drug-likeness (QED) is 0.257. The van der Waals surface area contributed by atoms with E-state index >= 15 is 0 Å². The average molecular weight is 490 g/mol. The van der Waals surface area contributed by atoms with Crippen molar-refractivity contribution < 1.29 is 13.2 Å². The molecule has 0 fully saturated rings. The third kappa shape index (κ3) is 5.70. The van der Waals surface area contributed by atoms with Crippen molar-refractivity contribution in [1.82, 2.24) is 4.98 Å². The van der Waals surface area contributed by atoms with Crippen molar-refractivity contribution in [3.63, 3.8) is 0 Å². The van der Waals surface area contributed by atoms with Gasteiger partial charge in [-0.25, -0.2) is 8.42 Å². The smallest absolute Gasteiger partial charge is 0.261 e. The zero-order chi connectivity index (χ0) is 24.0. The summed E-state index contributed by atoms with van der Waals surface area (Å²) in [5, 5.41) is 3.36. The van der Waals surface area contributed by atoms with Crippen LogP contribution < -0.4 is 10.0 Å². The minimum absolute atomic E-state index is 0.0595. The van der Waals surface area contributed by atoms with Crippen molar-refractivity contribution in [1.29, 1.82) is 0 Å². The topological polar surface area (TPSA) is 88.2 Å². The van der Waals surface area contributed by atoms with E-state index in [0.717, 1.165) is 5.56 Å². The minimum atomic E-state index is -3.79. The molecule has 0 saturated heterocycles. The molecule has 3 aromatic carbocycles. The number of hydrogen-bond acceptors (Lipinski definition) is 4. The van der Waals surface area contributed by atoms with Gasteiger partial charge in [-0.15, -0.1) is 0 Å². The molecular formula is C26H20ClN3O3S. The highest BCUT2D eigenvalue weighted by atomic mass is 35.5. The van der Waals surface area contributed by atoms with Crippen LogP contribution in [0.2, 0.25) is 5.02 Å². The Morgan fingerprint density at radius 3 is 2.21 bits per heavy atom. The number of halogens is 1. The second-order valence-electron chi connectivity index (χ2n) is 7.27. The molecule has 0 radical (unpaired) electrons. The minimum Gasteiger partial charge on any atom is -0.322 e. The lowest BCUT2D eigenvalue weighted by atomic mass is 10.0. The Kier molecular flexibility index (Phi) is 7.06. The number of hydrogen-bond donors (Lipinski definition) is 2. The first-order chi connectivity index (χ1) is 16.4. The van der Waals surface area contributed by atoms with Crippen molar-refractivity contribution in [2.24, 2.45) is 0 Å². The predicted octanol–water partition coefficient (Wildman–Crippen LogP) is 5.72. The average Bonchev–Trinajstić information content (AvgIpc) is 2.85. The number of pyridine rings is 1. The molecule has 4 rings (SSSR count). The second kappa shape index (κ2) is 10.3. The maximum atomic E-state index is 13.2. The van der Waals surface area contributed by atoms with Gasteiger partial charge in [-0.1, -0.05) is 60.1 Å².